The second kappa shape index (κ2) is 3.39. The molecule has 11 heavy (non-hydrogen) atoms. The Balaban J connectivity index is 3.00. The van der Waals surface area contributed by atoms with Crippen LogP contribution >= 0.6 is 0 Å². The molecule has 0 saturated heterocycles. The summed E-state index contributed by atoms with van der Waals surface area (Å²) < 4.78 is 0. The zero-order valence-corrected chi connectivity index (χ0v) is 7.05. The molecule has 1 aromatic rings. The van der Waals surface area contributed by atoms with Gasteiger partial charge in [-0.3, -0.25) is 0 Å². The van der Waals surface area contributed by atoms with Gasteiger partial charge in [0, 0.05) is 0 Å². The van der Waals surface area contributed by atoms with Crippen molar-refractivity contribution < 1.29 is 9.78 Å². The van der Waals surface area contributed by atoms with Crippen LogP contribution in [0.25, 0.3) is 0 Å². The van der Waals surface area contributed by atoms with Crippen LogP contribution < -0.4 is 4.89 Å². The van der Waals surface area contributed by atoms with Crippen LogP contribution in [-0.2, 0) is 4.89 Å². The monoisotopic (exact) mass is 152 g/mol. The minimum atomic E-state index is 0.815. The summed E-state index contributed by atoms with van der Waals surface area (Å²) in [6.45, 7) is 3.97. The lowest BCUT2D eigenvalue weighted by molar-refractivity contribution is -0.179. The Morgan fingerprint density at radius 1 is 1.09 bits per heavy atom. The topological polar surface area (TPSA) is 18.5 Å². The van der Waals surface area contributed by atoms with E-state index in [1.807, 2.05) is 32.0 Å². The fourth-order valence-electron chi connectivity index (χ4n) is 1.01. The first-order valence-electron chi connectivity index (χ1n) is 3.52. The van der Waals surface area contributed by atoms with Crippen molar-refractivity contribution in [2.24, 2.45) is 0 Å². The highest BCUT2D eigenvalue weighted by atomic mass is 17.2. The summed E-state index contributed by atoms with van der Waals surface area (Å²) in [4.78, 5) is 9.56. The smallest absolute Gasteiger partial charge is 0.171 e. The maximum atomic E-state index is 4.97. The van der Waals surface area contributed by atoms with Crippen molar-refractivity contribution in [1.29, 1.82) is 0 Å². The zero-order valence-electron chi connectivity index (χ0n) is 7.05. The third-order valence-corrected chi connectivity index (χ3v) is 1.58. The third-order valence-electron chi connectivity index (χ3n) is 1.58. The molecule has 0 spiro atoms. The molecule has 60 valence electrons. The number of para-hydroxylation sites is 1. The zero-order chi connectivity index (χ0) is 8.27. The Morgan fingerprint density at radius 2 is 1.64 bits per heavy atom. The fourth-order valence-corrected chi connectivity index (χ4v) is 1.01. The highest BCUT2D eigenvalue weighted by Gasteiger charge is 2.01. The molecule has 0 atom stereocenters. The maximum absolute atomic E-state index is 4.97. The summed E-state index contributed by atoms with van der Waals surface area (Å²) in [7, 11) is 1.51. The Bertz CT molecular complexity index is 223. The second-order valence-corrected chi connectivity index (χ2v) is 2.47. The molecule has 1 aromatic carbocycles. The predicted molar refractivity (Wildman–Crippen MR) is 43.6 cm³/mol. The lowest BCUT2D eigenvalue weighted by Crippen LogP contribution is -1.95. The lowest BCUT2D eigenvalue weighted by Gasteiger charge is -2.06. The minimum absolute atomic E-state index is 0.815. The molecule has 0 aliphatic heterocycles. The number of hydrogen-bond donors (Lipinski definition) is 0. The molecule has 0 N–H and O–H groups in total. The molecule has 1 rings (SSSR count). The van der Waals surface area contributed by atoms with Crippen molar-refractivity contribution in [2.45, 2.75) is 13.8 Å². The van der Waals surface area contributed by atoms with Crippen LogP contribution in [0, 0.1) is 13.8 Å². The number of aryl methyl sites for hydroxylation is 2. The van der Waals surface area contributed by atoms with Gasteiger partial charge in [-0.15, -0.1) is 0 Å². The van der Waals surface area contributed by atoms with E-state index in [9.17, 15) is 0 Å². The van der Waals surface area contributed by atoms with Gasteiger partial charge in [0.05, 0.1) is 7.11 Å². The van der Waals surface area contributed by atoms with Gasteiger partial charge in [-0.1, -0.05) is 18.2 Å². The van der Waals surface area contributed by atoms with Crippen molar-refractivity contribution in [3.8, 4) is 5.75 Å². The summed E-state index contributed by atoms with van der Waals surface area (Å²) in [5, 5.41) is 0. The van der Waals surface area contributed by atoms with Gasteiger partial charge in [0.25, 0.3) is 0 Å². The van der Waals surface area contributed by atoms with Crippen molar-refractivity contribution in [3.63, 3.8) is 0 Å². The molecule has 0 heterocycles. The van der Waals surface area contributed by atoms with Crippen LogP contribution in [0.1, 0.15) is 11.1 Å². The highest BCUT2D eigenvalue weighted by molar-refractivity contribution is 5.39. The SMILES string of the molecule is COOc1c(C)cccc1C. The van der Waals surface area contributed by atoms with Crippen LogP contribution in [0.3, 0.4) is 0 Å². The van der Waals surface area contributed by atoms with E-state index >= 15 is 0 Å². The van der Waals surface area contributed by atoms with E-state index in [4.69, 9.17) is 4.89 Å². The molecular weight excluding hydrogens is 140 g/mol. The lowest BCUT2D eigenvalue weighted by atomic mass is 10.1. The molecular formula is C9H12O2. The molecule has 0 aromatic heterocycles. The average molecular weight is 152 g/mol. The second-order valence-electron chi connectivity index (χ2n) is 2.47. The molecule has 0 unspecified atom stereocenters. The molecule has 2 heteroatoms. The van der Waals surface area contributed by atoms with Gasteiger partial charge in [-0.25, -0.2) is 0 Å². The van der Waals surface area contributed by atoms with E-state index in [1.165, 1.54) is 7.11 Å². The van der Waals surface area contributed by atoms with E-state index in [2.05, 4.69) is 4.89 Å². The van der Waals surface area contributed by atoms with Crippen LogP contribution in [0.5, 0.6) is 5.75 Å². The summed E-state index contributed by atoms with van der Waals surface area (Å²) in [6.07, 6.45) is 0. The van der Waals surface area contributed by atoms with Gasteiger partial charge in [-0.2, -0.15) is 4.89 Å². The van der Waals surface area contributed by atoms with Crippen molar-refractivity contribution in [1.82, 2.24) is 0 Å². The van der Waals surface area contributed by atoms with Gasteiger partial charge >= 0.3 is 0 Å². The molecule has 0 saturated carbocycles. The fraction of sp³-hybridized carbons (Fsp3) is 0.333. The molecule has 0 aliphatic rings. The Morgan fingerprint density at radius 3 is 2.09 bits per heavy atom. The molecule has 0 amide bonds. The first kappa shape index (κ1) is 8.08. The summed E-state index contributed by atoms with van der Waals surface area (Å²) >= 11 is 0. The van der Waals surface area contributed by atoms with Gasteiger partial charge in [-0.05, 0) is 25.0 Å². The maximum Gasteiger partial charge on any atom is 0.171 e. The number of benzene rings is 1. The van der Waals surface area contributed by atoms with Crippen LogP contribution in [0.2, 0.25) is 0 Å². The summed E-state index contributed by atoms with van der Waals surface area (Å²) in [5.74, 6) is 0.815. The molecule has 0 fully saturated rings. The number of hydrogen-bond acceptors (Lipinski definition) is 2. The van der Waals surface area contributed by atoms with Crippen LogP contribution in [0.15, 0.2) is 18.2 Å². The van der Waals surface area contributed by atoms with Gasteiger partial charge in [0.1, 0.15) is 0 Å². The van der Waals surface area contributed by atoms with Gasteiger partial charge in [0.2, 0.25) is 0 Å². The van der Waals surface area contributed by atoms with E-state index in [0.29, 0.717) is 0 Å². The normalized spacial score (nSPS) is 9.73. The van der Waals surface area contributed by atoms with E-state index in [-0.39, 0.29) is 0 Å². The van der Waals surface area contributed by atoms with Crippen molar-refractivity contribution in [3.05, 3.63) is 29.3 Å². The average Bonchev–Trinajstić information content (AvgIpc) is 1.97. The summed E-state index contributed by atoms with van der Waals surface area (Å²) in [6, 6.07) is 5.97. The Kier molecular flexibility index (Phi) is 2.49. The van der Waals surface area contributed by atoms with E-state index in [0.717, 1.165) is 16.9 Å². The minimum Gasteiger partial charge on any atom is -0.337 e. The van der Waals surface area contributed by atoms with Crippen LogP contribution in [-0.4, -0.2) is 7.11 Å². The number of rotatable bonds is 2. The Hall–Kier alpha value is -1.02. The van der Waals surface area contributed by atoms with E-state index < -0.39 is 0 Å². The molecule has 0 radical (unpaired) electrons. The standard InChI is InChI=1S/C9H12O2/c1-7-5-4-6-8(2)9(7)11-10-3/h4-6H,1-3H3. The first-order valence-corrected chi connectivity index (χ1v) is 3.52. The largest absolute Gasteiger partial charge is 0.337 e. The third kappa shape index (κ3) is 1.71. The van der Waals surface area contributed by atoms with Crippen LogP contribution in [0.4, 0.5) is 0 Å². The first-order chi connectivity index (χ1) is 5.25. The van der Waals surface area contributed by atoms with Crippen molar-refractivity contribution in [2.75, 3.05) is 7.11 Å². The van der Waals surface area contributed by atoms with Gasteiger partial charge < -0.3 is 4.89 Å². The summed E-state index contributed by atoms with van der Waals surface area (Å²) in [5.41, 5.74) is 2.18. The quantitative estimate of drug-likeness (QED) is 0.478. The van der Waals surface area contributed by atoms with E-state index in [1.54, 1.807) is 0 Å². The predicted octanol–water partition coefficient (Wildman–Crippen LogP) is 2.24. The highest BCUT2D eigenvalue weighted by Crippen LogP contribution is 2.21. The molecule has 0 bridgehead atoms. The van der Waals surface area contributed by atoms with Crippen molar-refractivity contribution >= 4 is 0 Å². The van der Waals surface area contributed by atoms with Gasteiger partial charge in [0.15, 0.2) is 5.75 Å². The molecule has 2 nitrogen and oxygen atoms in total. The Labute approximate surface area is 66.7 Å². The molecule has 0 aliphatic carbocycles.